The predicted octanol–water partition coefficient (Wildman–Crippen LogP) is 2.89. The number of methoxy groups -OCH3 is 1. The normalized spacial score (nSPS) is 21.0. The van der Waals surface area contributed by atoms with Gasteiger partial charge in [0.2, 0.25) is 0 Å². The molecule has 2 N–H and O–H groups in total. The van der Waals surface area contributed by atoms with Crippen molar-refractivity contribution in [2.75, 3.05) is 25.5 Å². The van der Waals surface area contributed by atoms with Crippen LogP contribution in [0.15, 0.2) is 12.1 Å². The molecule has 0 radical (unpaired) electrons. The molecule has 0 spiro atoms. The first-order valence-corrected chi connectivity index (χ1v) is 7.75. The van der Waals surface area contributed by atoms with Crippen LogP contribution in [-0.4, -0.2) is 42.2 Å². The Morgan fingerprint density at radius 2 is 2.00 bits per heavy atom. The highest BCUT2D eigenvalue weighted by molar-refractivity contribution is 5.91. The van der Waals surface area contributed by atoms with Crippen molar-refractivity contribution < 1.29 is 19.4 Å². The van der Waals surface area contributed by atoms with Gasteiger partial charge in [-0.15, -0.1) is 0 Å². The van der Waals surface area contributed by atoms with Crippen LogP contribution in [0.25, 0.3) is 0 Å². The van der Waals surface area contributed by atoms with E-state index in [0.29, 0.717) is 18.7 Å². The molecule has 0 aliphatic carbocycles. The molecule has 0 saturated carbocycles. The molecule has 6 heteroatoms. The number of hydrogen-bond donors (Lipinski definition) is 2. The lowest BCUT2D eigenvalue weighted by Crippen LogP contribution is -2.47. The zero-order chi connectivity index (χ0) is 17.1. The molecule has 1 fully saturated rings. The average molecular weight is 320 g/mol. The quantitative estimate of drug-likeness (QED) is 0.897. The average Bonchev–Trinajstić information content (AvgIpc) is 2.49. The van der Waals surface area contributed by atoms with Gasteiger partial charge in [0.25, 0.3) is 0 Å². The minimum Gasteiger partial charge on any atom is -0.496 e. The molecule has 1 aromatic rings. The number of urea groups is 1. The molecule has 23 heavy (non-hydrogen) atoms. The van der Waals surface area contributed by atoms with Crippen LogP contribution < -0.4 is 10.1 Å². The molecular weight excluding hydrogens is 296 g/mol. The SMILES string of the molecule is COc1cc(C)cc(NC(=O)N2CC(C)CC(C(=O)O)C2)c1C. The maximum Gasteiger partial charge on any atom is 0.321 e. The molecule has 1 aliphatic rings. The van der Waals surface area contributed by atoms with Gasteiger partial charge in [0, 0.05) is 24.3 Å². The summed E-state index contributed by atoms with van der Waals surface area (Å²) in [6, 6.07) is 3.53. The molecule has 1 heterocycles. The lowest BCUT2D eigenvalue weighted by molar-refractivity contribution is -0.143. The molecule has 0 aromatic heterocycles. The Hall–Kier alpha value is -2.24. The Kier molecular flexibility index (Phi) is 5.13. The zero-order valence-electron chi connectivity index (χ0n) is 14.0. The van der Waals surface area contributed by atoms with Crippen molar-refractivity contribution in [2.24, 2.45) is 11.8 Å². The summed E-state index contributed by atoms with van der Waals surface area (Å²) in [6.45, 7) is 6.59. The number of hydrogen-bond acceptors (Lipinski definition) is 3. The molecule has 2 rings (SSSR count). The Bertz CT molecular complexity index is 615. The molecule has 2 amide bonds. The molecule has 2 atom stereocenters. The third kappa shape index (κ3) is 3.94. The summed E-state index contributed by atoms with van der Waals surface area (Å²) in [7, 11) is 1.59. The van der Waals surface area contributed by atoms with Crippen molar-refractivity contribution in [3.8, 4) is 5.75 Å². The van der Waals surface area contributed by atoms with Crippen LogP contribution in [-0.2, 0) is 4.79 Å². The molecule has 0 bridgehead atoms. The van der Waals surface area contributed by atoms with E-state index in [2.05, 4.69) is 5.32 Å². The number of rotatable bonds is 3. The molecule has 126 valence electrons. The van der Waals surface area contributed by atoms with E-state index in [1.807, 2.05) is 32.9 Å². The van der Waals surface area contributed by atoms with Crippen molar-refractivity contribution >= 4 is 17.7 Å². The fraction of sp³-hybridized carbons (Fsp3) is 0.529. The van der Waals surface area contributed by atoms with Crippen LogP contribution in [0.1, 0.15) is 24.5 Å². The predicted molar refractivity (Wildman–Crippen MR) is 88.0 cm³/mol. The molecular formula is C17H24N2O4. The number of aliphatic carboxylic acids is 1. The summed E-state index contributed by atoms with van der Waals surface area (Å²) in [5.74, 6) is -0.458. The summed E-state index contributed by atoms with van der Waals surface area (Å²) in [6.07, 6.45) is 0.608. The molecule has 1 saturated heterocycles. The number of carboxylic acid groups (broad SMARTS) is 1. The van der Waals surface area contributed by atoms with Crippen LogP contribution in [0.5, 0.6) is 5.75 Å². The zero-order valence-corrected chi connectivity index (χ0v) is 14.0. The van der Waals surface area contributed by atoms with Crippen molar-refractivity contribution in [2.45, 2.75) is 27.2 Å². The number of benzene rings is 1. The highest BCUT2D eigenvalue weighted by Crippen LogP contribution is 2.28. The third-order valence-corrected chi connectivity index (χ3v) is 4.26. The van der Waals surface area contributed by atoms with E-state index in [1.54, 1.807) is 12.0 Å². The van der Waals surface area contributed by atoms with E-state index in [0.717, 1.165) is 16.9 Å². The second-order valence-corrected chi connectivity index (χ2v) is 6.35. The summed E-state index contributed by atoms with van der Waals surface area (Å²) in [5.41, 5.74) is 2.53. The first-order chi connectivity index (χ1) is 10.8. The number of anilines is 1. The first-order valence-electron chi connectivity index (χ1n) is 7.75. The van der Waals surface area contributed by atoms with Gasteiger partial charge in [0.15, 0.2) is 0 Å². The Labute approximate surface area is 136 Å². The lowest BCUT2D eigenvalue weighted by Gasteiger charge is -2.34. The number of amides is 2. The van der Waals surface area contributed by atoms with E-state index < -0.39 is 11.9 Å². The largest absolute Gasteiger partial charge is 0.496 e. The van der Waals surface area contributed by atoms with Gasteiger partial charge in [-0.2, -0.15) is 0 Å². The first kappa shape index (κ1) is 17.1. The van der Waals surface area contributed by atoms with Crippen molar-refractivity contribution in [3.05, 3.63) is 23.3 Å². The van der Waals surface area contributed by atoms with Crippen LogP contribution >= 0.6 is 0 Å². The van der Waals surface area contributed by atoms with E-state index in [9.17, 15) is 14.7 Å². The topological polar surface area (TPSA) is 78.9 Å². The Morgan fingerprint density at radius 1 is 1.30 bits per heavy atom. The van der Waals surface area contributed by atoms with Crippen molar-refractivity contribution in [1.29, 1.82) is 0 Å². The summed E-state index contributed by atoms with van der Waals surface area (Å²) in [4.78, 5) is 25.3. The third-order valence-electron chi connectivity index (χ3n) is 4.26. The summed E-state index contributed by atoms with van der Waals surface area (Å²) < 4.78 is 5.32. The fourth-order valence-corrected chi connectivity index (χ4v) is 3.06. The van der Waals surface area contributed by atoms with Crippen molar-refractivity contribution in [1.82, 2.24) is 4.90 Å². The number of nitrogens with one attached hydrogen (secondary N) is 1. The van der Waals surface area contributed by atoms with Crippen LogP contribution in [0.4, 0.5) is 10.5 Å². The maximum atomic E-state index is 12.5. The molecule has 6 nitrogen and oxygen atoms in total. The van der Waals surface area contributed by atoms with Gasteiger partial charge in [0.1, 0.15) is 5.75 Å². The van der Waals surface area contributed by atoms with Gasteiger partial charge in [-0.3, -0.25) is 4.79 Å². The van der Waals surface area contributed by atoms with Crippen LogP contribution in [0, 0.1) is 25.7 Å². The van der Waals surface area contributed by atoms with Gasteiger partial charge < -0.3 is 20.1 Å². The number of likely N-dealkylation sites (tertiary alicyclic amines) is 1. The minimum atomic E-state index is -0.845. The number of carbonyl (C=O) groups is 2. The highest BCUT2D eigenvalue weighted by Gasteiger charge is 2.32. The second-order valence-electron chi connectivity index (χ2n) is 6.35. The molecule has 2 unspecified atom stereocenters. The number of carboxylic acids is 1. The maximum absolute atomic E-state index is 12.5. The van der Waals surface area contributed by atoms with Crippen LogP contribution in [0.3, 0.4) is 0 Å². The lowest BCUT2D eigenvalue weighted by atomic mass is 9.91. The van der Waals surface area contributed by atoms with Gasteiger partial charge in [-0.25, -0.2) is 4.79 Å². The molecule has 1 aliphatic heterocycles. The van der Waals surface area contributed by atoms with Crippen LogP contribution in [0.2, 0.25) is 0 Å². The Balaban J connectivity index is 2.15. The fourth-order valence-electron chi connectivity index (χ4n) is 3.06. The van der Waals surface area contributed by atoms with Crippen molar-refractivity contribution in [3.63, 3.8) is 0 Å². The molecule has 1 aromatic carbocycles. The van der Waals surface area contributed by atoms with E-state index >= 15 is 0 Å². The highest BCUT2D eigenvalue weighted by atomic mass is 16.5. The number of aryl methyl sites for hydroxylation is 1. The minimum absolute atomic E-state index is 0.170. The summed E-state index contributed by atoms with van der Waals surface area (Å²) in [5, 5.41) is 12.1. The monoisotopic (exact) mass is 320 g/mol. The summed E-state index contributed by atoms with van der Waals surface area (Å²) >= 11 is 0. The van der Waals surface area contributed by atoms with E-state index in [1.165, 1.54) is 0 Å². The van der Waals surface area contributed by atoms with Gasteiger partial charge >= 0.3 is 12.0 Å². The van der Waals surface area contributed by atoms with Gasteiger partial charge in [0.05, 0.1) is 13.0 Å². The van der Waals surface area contributed by atoms with Gasteiger partial charge in [-0.1, -0.05) is 6.92 Å². The van der Waals surface area contributed by atoms with E-state index in [4.69, 9.17) is 4.74 Å². The standard InChI is InChI=1S/C17H24N2O4/c1-10-6-14(12(3)15(7-10)23-4)18-17(22)19-8-11(2)5-13(9-19)16(20)21/h6-7,11,13H,5,8-9H2,1-4H3,(H,18,22)(H,20,21). The number of nitrogens with zero attached hydrogens (tertiary/aromatic N) is 1. The van der Waals surface area contributed by atoms with Gasteiger partial charge in [-0.05, 0) is 43.9 Å². The van der Waals surface area contributed by atoms with E-state index in [-0.39, 0.29) is 18.5 Å². The number of carbonyl (C=O) groups excluding carboxylic acids is 1. The number of piperidine rings is 1. The number of ether oxygens (including phenoxy) is 1. The second kappa shape index (κ2) is 6.89. The smallest absolute Gasteiger partial charge is 0.321 e. The Morgan fingerprint density at radius 3 is 2.61 bits per heavy atom.